The molecule has 2 bridgehead atoms. The Balaban J connectivity index is 0.807. The van der Waals surface area contributed by atoms with E-state index in [2.05, 4.69) is 20.5 Å². The summed E-state index contributed by atoms with van der Waals surface area (Å²) in [6.07, 6.45) is 1.90. The van der Waals surface area contributed by atoms with Crippen LogP contribution in [-0.4, -0.2) is 90.2 Å². The number of aliphatic hydroxyl groups is 1. The number of carbonyl (C=O) groups excluding carboxylic acids is 3. The minimum Gasteiger partial charge on any atom is -0.506 e. The summed E-state index contributed by atoms with van der Waals surface area (Å²) >= 11 is 0. The Hall–Kier alpha value is -6.22. The van der Waals surface area contributed by atoms with Crippen molar-refractivity contribution in [3.05, 3.63) is 141 Å². The minimum absolute atomic E-state index is 0.0740. The lowest BCUT2D eigenvalue weighted by atomic mass is 9.86. The quantitative estimate of drug-likeness (QED) is 0.0424. The number of unbranched alkanes of at least 4 members (excludes halogenated alkanes) is 1. The van der Waals surface area contributed by atoms with Gasteiger partial charge in [-0.05, 0) is 110 Å². The number of carbonyl (C=O) groups is 3. The Labute approximate surface area is 347 Å². The number of phenols is 1. The van der Waals surface area contributed by atoms with E-state index < -0.39 is 36.8 Å². The SMILES string of the molecule is O=C(COC(=O)c1ccc(COc2cccc(C(NC(=O)O[C@H]3CN4CCC3CC4)c3ccccc3)c2)cc1)OCCCCNC[C@@H](O)c1ccc(O)c2[nH]c(=O)ccc12. The van der Waals surface area contributed by atoms with E-state index in [-0.39, 0.29) is 48.3 Å². The largest absolute Gasteiger partial charge is 0.506 e. The van der Waals surface area contributed by atoms with Crippen molar-refractivity contribution in [2.24, 2.45) is 5.92 Å². The number of aromatic amines is 1. The maximum absolute atomic E-state index is 13.2. The van der Waals surface area contributed by atoms with Gasteiger partial charge in [0, 0.05) is 24.5 Å². The molecule has 4 heterocycles. The van der Waals surface area contributed by atoms with Crippen LogP contribution in [0.25, 0.3) is 10.9 Å². The average Bonchev–Trinajstić information content (AvgIpc) is 3.27. The summed E-state index contributed by atoms with van der Waals surface area (Å²) in [5, 5.41) is 27.5. The molecule has 4 aromatic carbocycles. The van der Waals surface area contributed by atoms with Gasteiger partial charge in [-0.1, -0.05) is 60.7 Å². The highest BCUT2D eigenvalue weighted by atomic mass is 16.6. The maximum atomic E-state index is 13.2. The van der Waals surface area contributed by atoms with Gasteiger partial charge in [0.1, 0.15) is 24.2 Å². The molecule has 3 atom stereocenters. The fraction of sp³-hybridized carbons (Fsp3) is 0.348. The van der Waals surface area contributed by atoms with Crippen LogP contribution in [-0.2, 0) is 25.6 Å². The zero-order valence-corrected chi connectivity index (χ0v) is 33.2. The molecule has 14 nitrogen and oxygen atoms in total. The Morgan fingerprint density at radius 1 is 0.867 bits per heavy atom. The second kappa shape index (κ2) is 20.2. The molecule has 3 fully saturated rings. The molecule has 314 valence electrons. The Bertz CT molecular complexity index is 2290. The molecule has 0 radical (unpaired) electrons. The van der Waals surface area contributed by atoms with Gasteiger partial charge >= 0.3 is 18.0 Å². The monoisotopic (exact) mass is 818 g/mol. The van der Waals surface area contributed by atoms with Crippen molar-refractivity contribution in [3.8, 4) is 11.5 Å². The van der Waals surface area contributed by atoms with Crippen LogP contribution in [0, 0.1) is 5.92 Å². The van der Waals surface area contributed by atoms with Crippen molar-refractivity contribution < 1.29 is 43.5 Å². The molecule has 0 spiro atoms. The molecule has 1 amide bonds. The Morgan fingerprint density at radius 3 is 2.42 bits per heavy atom. The number of piperidine rings is 3. The number of alkyl carbamates (subject to hydrolysis) is 1. The van der Waals surface area contributed by atoms with E-state index in [1.165, 1.54) is 12.1 Å². The van der Waals surface area contributed by atoms with Gasteiger partial charge in [0.15, 0.2) is 6.61 Å². The predicted octanol–water partition coefficient (Wildman–Crippen LogP) is 5.53. The van der Waals surface area contributed by atoms with Gasteiger partial charge in [0.05, 0.1) is 29.8 Å². The van der Waals surface area contributed by atoms with Crippen LogP contribution in [0.2, 0.25) is 0 Å². The number of nitrogens with zero attached hydrogens (tertiary/aromatic N) is 1. The van der Waals surface area contributed by atoms with Crippen LogP contribution >= 0.6 is 0 Å². The molecule has 3 aliphatic rings. The first-order valence-corrected chi connectivity index (χ1v) is 20.3. The summed E-state index contributed by atoms with van der Waals surface area (Å²) in [6.45, 7) is 3.55. The smallest absolute Gasteiger partial charge is 0.408 e. The fourth-order valence-electron chi connectivity index (χ4n) is 7.71. The van der Waals surface area contributed by atoms with Crippen molar-refractivity contribution in [2.45, 2.75) is 50.5 Å². The van der Waals surface area contributed by atoms with Crippen LogP contribution in [0.1, 0.15) is 70.4 Å². The van der Waals surface area contributed by atoms with E-state index in [1.807, 2.05) is 54.6 Å². The predicted molar refractivity (Wildman–Crippen MR) is 223 cm³/mol. The second-order valence-corrected chi connectivity index (χ2v) is 15.1. The third-order valence-electron chi connectivity index (χ3n) is 11.0. The number of amides is 1. The van der Waals surface area contributed by atoms with E-state index in [1.54, 1.807) is 36.4 Å². The third-order valence-corrected chi connectivity index (χ3v) is 11.0. The Kier molecular flexibility index (Phi) is 14.1. The van der Waals surface area contributed by atoms with Crippen LogP contribution < -0.4 is 20.9 Å². The molecule has 1 unspecified atom stereocenters. The summed E-state index contributed by atoms with van der Waals surface area (Å²) < 4.78 is 22.4. The zero-order chi connectivity index (χ0) is 41.8. The van der Waals surface area contributed by atoms with Crippen molar-refractivity contribution in [1.82, 2.24) is 20.5 Å². The first kappa shape index (κ1) is 41.9. The van der Waals surface area contributed by atoms with Crippen LogP contribution in [0.15, 0.2) is 108 Å². The lowest BCUT2D eigenvalue weighted by molar-refractivity contribution is -0.147. The molecular weight excluding hydrogens is 769 g/mol. The molecule has 5 N–H and O–H groups in total. The number of esters is 2. The van der Waals surface area contributed by atoms with Gasteiger partial charge in [0.25, 0.3) is 0 Å². The number of aromatic hydroxyl groups is 1. The number of H-pyrrole nitrogens is 1. The first-order valence-electron chi connectivity index (χ1n) is 20.3. The van der Waals surface area contributed by atoms with Gasteiger partial charge in [-0.2, -0.15) is 0 Å². The third kappa shape index (κ3) is 11.1. The van der Waals surface area contributed by atoms with Crippen LogP contribution in [0.5, 0.6) is 11.5 Å². The standard InChI is InChI=1S/C46H50N4O10/c51-38-17-15-36(37-16-18-41(53)48-44(37)38)39(52)26-47-21-4-5-24-57-42(54)29-59-45(55)33-13-11-30(12-14-33)28-58-35-10-6-9-34(25-35)43(32-7-2-1-3-8-32)49-46(56)60-40-27-50-22-19-31(40)20-23-50/h1-3,6-18,25,31,39-40,43,47,51-52H,4-5,19-24,26-29H2,(H,48,53)(H,49,56)/t39-,40+,43?/m1/s1. The topological polar surface area (TPSA) is 189 Å². The van der Waals surface area contributed by atoms with Gasteiger partial charge in [-0.3, -0.25) is 9.69 Å². The van der Waals surface area contributed by atoms with E-state index in [9.17, 15) is 29.4 Å². The number of pyridine rings is 1. The number of benzene rings is 4. The summed E-state index contributed by atoms with van der Waals surface area (Å²) in [5.41, 5.74) is 3.33. The fourth-order valence-corrected chi connectivity index (χ4v) is 7.71. The van der Waals surface area contributed by atoms with E-state index in [0.717, 1.165) is 49.2 Å². The molecule has 0 saturated carbocycles. The zero-order valence-electron chi connectivity index (χ0n) is 33.2. The molecule has 3 saturated heterocycles. The number of phenolic OH excluding ortho intramolecular Hbond substituents is 1. The van der Waals surface area contributed by atoms with Gasteiger partial charge < -0.3 is 44.8 Å². The summed E-state index contributed by atoms with van der Waals surface area (Å²) in [4.78, 5) is 54.6. The molecule has 1 aromatic heterocycles. The lowest BCUT2D eigenvalue weighted by Crippen LogP contribution is -2.52. The molecule has 60 heavy (non-hydrogen) atoms. The number of fused-ring (bicyclic) bond motifs is 4. The highest BCUT2D eigenvalue weighted by Crippen LogP contribution is 2.31. The van der Waals surface area contributed by atoms with Crippen molar-refractivity contribution in [2.75, 3.05) is 45.9 Å². The highest BCUT2D eigenvalue weighted by Gasteiger charge is 2.37. The van der Waals surface area contributed by atoms with E-state index in [0.29, 0.717) is 42.0 Å². The number of hydrogen-bond donors (Lipinski definition) is 5. The van der Waals surface area contributed by atoms with Gasteiger partial charge in [-0.15, -0.1) is 0 Å². The lowest BCUT2D eigenvalue weighted by Gasteiger charge is -2.43. The number of rotatable bonds is 18. The summed E-state index contributed by atoms with van der Waals surface area (Å²) in [7, 11) is 0. The normalized spacial score (nSPS) is 18.0. The first-order chi connectivity index (χ1) is 29.2. The van der Waals surface area contributed by atoms with Crippen molar-refractivity contribution in [3.63, 3.8) is 0 Å². The number of aliphatic hydroxyl groups excluding tert-OH is 1. The molecular formula is C46H50N4O10. The molecule has 3 aliphatic heterocycles. The molecule has 14 heteroatoms. The van der Waals surface area contributed by atoms with Gasteiger partial charge in [0.2, 0.25) is 5.56 Å². The Morgan fingerprint density at radius 2 is 1.65 bits per heavy atom. The van der Waals surface area contributed by atoms with E-state index >= 15 is 0 Å². The minimum atomic E-state index is -0.874. The second-order valence-electron chi connectivity index (χ2n) is 15.1. The molecule has 8 rings (SSSR count). The number of nitrogens with one attached hydrogen (secondary N) is 3. The van der Waals surface area contributed by atoms with Crippen molar-refractivity contribution in [1.29, 1.82) is 0 Å². The van der Waals surface area contributed by atoms with Gasteiger partial charge in [-0.25, -0.2) is 14.4 Å². The summed E-state index contributed by atoms with van der Waals surface area (Å²) in [6, 6.07) is 29.5. The number of ether oxygens (including phenoxy) is 4. The van der Waals surface area contributed by atoms with Crippen molar-refractivity contribution >= 4 is 28.9 Å². The van der Waals surface area contributed by atoms with Crippen LogP contribution in [0.3, 0.4) is 0 Å². The molecule has 0 aliphatic carbocycles. The number of hydrogen-bond acceptors (Lipinski definition) is 12. The highest BCUT2D eigenvalue weighted by molar-refractivity contribution is 5.90. The van der Waals surface area contributed by atoms with Crippen LogP contribution in [0.4, 0.5) is 4.79 Å². The average molecular weight is 819 g/mol. The summed E-state index contributed by atoms with van der Waals surface area (Å²) in [5.74, 6) is -0.379. The number of aromatic nitrogens is 1. The molecule has 5 aromatic rings. The maximum Gasteiger partial charge on any atom is 0.408 e. The van der Waals surface area contributed by atoms with E-state index in [4.69, 9.17) is 18.9 Å².